The van der Waals surface area contributed by atoms with Crippen molar-refractivity contribution in [3.63, 3.8) is 0 Å². The van der Waals surface area contributed by atoms with Crippen LogP contribution in [0.25, 0.3) is 0 Å². The van der Waals surface area contributed by atoms with Crippen molar-refractivity contribution in [1.82, 2.24) is 9.88 Å². The van der Waals surface area contributed by atoms with Crippen LogP contribution in [-0.2, 0) is 4.79 Å². The van der Waals surface area contributed by atoms with Crippen LogP contribution < -0.4 is 11.1 Å². The normalized spacial score (nSPS) is 9.89. The van der Waals surface area contributed by atoms with E-state index in [1.165, 1.54) is 17.2 Å². The van der Waals surface area contributed by atoms with Gasteiger partial charge in [-0.05, 0) is 6.07 Å². The Labute approximate surface area is 105 Å². The average Bonchev–Trinajstić information content (AvgIpc) is 2.30. The minimum absolute atomic E-state index is 0.00793. The topological polar surface area (TPSA) is 109 Å². The zero-order valence-electron chi connectivity index (χ0n) is 10.3. The molecule has 0 atom stereocenters. The van der Waals surface area contributed by atoms with Gasteiger partial charge in [-0.25, -0.2) is 9.78 Å². The highest BCUT2D eigenvalue weighted by molar-refractivity contribution is 5.94. The van der Waals surface area contributed by atoms with Gasteiger partial charge >= 0.3 is 5.97 Å². The number of pyridine rings is 1. The molecular weight excluding hydrogens is 236 g/mol. The fourth-order valence-corrected chi connectivity index (χ4v) is 1.27. The van der Waals surface area contributed by atoms with E-state index in [2.05, 4.69) is 10.3 Å². The molecule has 1 rings (SSSR count). The first-order chi connectivity index (χ1) is 8.41. The Kier molecular flexibility index (Phi) is 4.47. The molecule has 0 aliphatic heterocycles. The van der Waals surface area contributed by atoms with Crippen LogP contribution in [0.4, 0.5) is 11.5 Å². The maximum atomic E-state index is 11.3. The first-order valence-electron chi connectivity index (χ1n) is 5.34. The lowest BCUT2D eigenvalue weighted by Gasteiger charge is -2.11. The van der Waals surface area contributed by atoms with Crippen LogP contribution in [0.1, 0.15) is 16.8 Å². The number of nitrogens with two attached hydrogens (primary N) is 1. The number of rotatable bonds is 5. The largest absolute Gasteiger partial charge is 0.478 e. The third-order valence-corrected chi connectivity index (χ3v) is 2.31. The summed E-state index contributed by atoms with van der Waals surface area (Å²) in [6.45, 7) is 0.382. The second-order valence-corrected chi connectivity index (χ2v) is 3.93. The van der Waals surface area contributed by atoms with E-state index in [0.717, 1.165) is 0 Å². The summed E-state index contributed by atoms with van der Waals surface area (Å²) < 4.78 is 0. The van der Waals surface area contributed by atoms with Crippen molar-refractivity contribution in [2.75, 3.05) is 31.7 Å². The lowest BCUT2D eigenvalue weighted by molar-refractivity contribution is -0.128. The Morgan fingerprint density at radius 3 is 2.72 bits per heavy atom. The monoisotopic (exact) mass is 252 g/mol. The summed E-state index contributed by atoms with van der Waals surface area (Å²) in [5, 5.41) is 11.8. The zero-order chi connectivity index (χ0) is 13.7. The fraction of sp³-hybridized carbons (Fsp3) is 0.364. The predicted molar refractivity (Wildman–Crippen MR) is 67.4 cm³/mol. The highest BCUT2D eigenvalue weighted by Crippen LogP contribution is 2.14. The maximum absolute atomic E-state index is 11.3. The molecule has 0 radical (unpaired) electrons. The van der Waals surface area contributed by atoms with Gasteiger partial charge in [-0.3, -0.25) is 4.79 Å². The molecule has 0 saturated carbocycles. The van der Waals surface area contributed by atoms with E-state index in [1.54, 1.807) is 14.1 Å². The van der Waals surface area contributed by atoms with Gasteiger partial charge in [0.05, 0.1) is 17.4 Å². The van der Waals surface area contributed by atoms with Crippen molar-refractivity contribution in [1.29, 1.82) is 0 Å². The SMILES string of the molecule is CN(C)C(=O)CCNc1cc(C(=O)O)c(N)cn1. The summed E-state index contributed by atoms with van der Waals surface area (Å²) in [4.78, 5) is 27.6. The van der Waals surface area contributed by atoms with Crippen molar-refractivity contribution in [3.05, 3.63) is 17.8 Å². The summed E-state index contributed by atoms with van der Waals surface area (Å²) in [7, 11) is 3.35. The van der Waals surface area contributed by atoms with Crippen LogP contribution in [0.2, 0.25) is 0 Å². The molecule has 7 heteroatoms. The molecule has 0 fully saturated rings. The molecule has 0 spiro atoms. The Morgan fingerprint density at radius 2 is 2.17 bits per heavy atom. The van der Waals surface area contributed by atoms with Gasteiger partial charge in [-0.2, -0.15) is 0 Å². The van der Waals surface area contributed by atoms with Crippen LogP contribution in [0, 0.1) is 0 Å². The van der Waals surface area contributed by atoms with E-state index in [-0.39, 0.29) is 17.2 Å². The molecule has 1 amide bonds. The second kappa shape index (κ2) is 5.85. The van der Waals surface area contributed by atoms with Gasteiger partial charge in [-0.15, -0.1) is 0 Å². The molecule has 1 aromatic rings. The van der Waals surface area contributed by atoms with E-state index in [4.69, 9.17) is 10.8 Å². The predicted octanol–water partition coefficient (Wildman–Crippen LogP) is 0.252. The van der Waals surface area contributed by atoms with Gasteiger partial charge in [0.25, 0.3) is 0 Å². The zero-order valence-corrected chi connectivity index (χ0v) is 10.3. The molecule has 0 bridgehead atoms. The lowest BCUT2D eigenvalue weighted by atomic mass is 10.2. The standard InChI is InChI=1S/C11H16N4O3/c1-15(2)10(16)3-4-13-9-5-7(11(17)18)8(12)6-14-9/h5-6H,3-4,12H2,1-2H3,(H,13,14)(H,17,18). The molecule has 7 nitrogen and oxygen atoms in total. The van der Waals surface area contributed by atoms with Gasteiger partial charge < -0.3 is 21.1 Å². The van der Waals surface area contributed by atoms with Crippen molar-refractivity contribution in [3.8, 4) is 0 Å². The third-order valence-electron chi connectivity index (χ3n) is 2.31. The molecule has 98 valence electrons. The first kappa shape index (κ1) is 13.8. The highest BCUT2D eigenvalue weighted by atomic mass is 16.4. The van der Waals surface area contributed by atoms with Crippen molar-refractivity contribution < 1.29 is 14.7 Å². The van der Waals surface area contributed by atoms with Crippen molar-refractivity contribution in [2.45, 2.75) is 6.42 Å². The van der Waals surface area contributed by atoms with Crippen molar-refractivity contribution in [2.24, 2.45) is 0 Å². The van der Waals surface area contributed by atoms with Gasteiger partial charge in [0.15, 0.2) is 0 Å². The highest BCUT2D eigenvalue weighted by Gasteiger charge is 2.10. The minimum Gasteiger partial charge on any atom is -0.478 e. The number of carboxylic acid groups (broad SMARTS) is 1. The van der Waals surface area contributed by atoms with Gasteiger partial charge in [0.2, 0.25) is 5.91 Å². The van der Waals surface area contributed by atoms with E-state index in [9.17, 15) is 9.59 Å². The number of nitrogen functional groups attached to an aromatic ring is 1. The van der Waals surface area contributed by atoms with Crippen LogP contribution in [-0.4, -0.2) is 47.5 Å². The third kappa shape index (κ3) is 3.62. The smallest absolute Gasteiger partial charge is 0.337 e. The molecular formula is C11H16N4O3. The van der Waals surface area contributed by atoms with E-state index in [1.807, 2.05) is 0 Å². The fourth-order valence-electron chi connectivity index (χ4n) is 1.27. The number of nitrogens with zero attached hydrogens (tertiary/aromatic N) is 2. The molecule has 1 aromatic heterocycles. The van der Waals surface area contributed by atoms with Gasteiger partial charge in [0, 0.05) is 27.1 Å². The Bertz CT molecular complexity index is 460. The summed E-state index contributed by atoms with van der Waals surface area (Å²) in [6.07, 6.45) is 1.58. The van der Waals surface area contributed by atoms with Crippen LogP contribution in [0.15, 0.2) is 12.3 Å². The van der Waals surface area contributed by atoms with Crippen LogP contribution in [0.3, 0.4) is 0 Å². The summed E-state index contributed by atoms with van der Waals surface area (Å²) in [5.74, 6) is -0.744. The first-order valence-corrected chi connectivity index (χ1v) is 5.34. The molecule has 0 aliphatic rings. The molecule has 0 aromatic carbocycles. The number of aromatic nitrogens is 1. The molecule has 4 N–H and O–H groups in total. The molecule has 1 heterocycles. The summed E-state index contributed by atoms with van der Waals surface area (Å²) in [6, 6.07) is 1.35. The maximum Gasteiger partial charge on any atom is 0.337 e. The number of nitrogens with one attached hydrogen (secondary N) is 1. The van der Waals surface area contributed by atoms with Crippen molar-refractivity contribution >= 4 is 23.4 Å². The molecule has 0 aliphatic carbocycles. The number of aromatic carboxylic acids is 1. The molecule has 18 heavy (non-hydrogen) atoms. The molecule has 0 unspecified atom stereocenters. The second-order valence-electron chi connectivity index (χ2n) is 3.93. The van der Waals surface area contributed by atoms with Crippen LogP contribution >= 0.6 is 0 Å². The quantitative estimate of drug-likeness (QED) is 0.693. The summed E-state index contributed by atoms with van der Waals surface area (Å²) in [5.41, 5.74) is 5.58. The Hall–Kier alpha value is -2.31. The minimum atomic E-state index is -1.11. The average molecular weight is 252 g/mol. The number of amides is 1. The number of hydrogen-bond donors (Lipinski definition) is 3. The van der Waals surface area contributed by atoms with Crippen LogP contribution in [0.5, 0.6) is 0 Å². The number of carbonyl (C=O) groups is 2. The number of anilines is 2. The number of carbonyl (C=O) groups excluding carboxylic acids is 1. The van der Waals surface area contributed by atoms with E-state index in [0.29, 0.717) is 18.8 Å². The lowest BCUT2D eigenvalue weighted by Crippen LogP contribution is -2.24. The number of carboxylic acids is 1. The summed E-state index contributed by atoms with van der Waals surface area (Å²) >= 11 is 0. The Morgan fingerprint density at radius 1 is 1.50 bits per heavy atom. The van der Waals surface area contributed by atoms with E-state index < -0.39 is 5.97 Å². The number of hydrogen-bond acceptors (Lipinski definition) is 5. The van der Waals surface area contributed by atoms with Gasteiger partial charge in [-0.1, -0.05) is 0 Å². The Balaban J connectivity index is 2.61. The molecule has 0 saturated heterocycles. The van der Waals surface area contributed by atoms with Gasteiger partial charge in [0.1, 0.15) is 5.82 Å². The van der Waals surface area contributed by atoms with E-state index >= 15 is 0 Å².